The third-order valence-electron chi connectivity index (χ3n) is 3.51. The van der Waals surface area contributed by atoms with Crippen LogP contribution in [0.5, 0.6) is 0 Å². The molecule has 1 aliphatic heterocycles. The fourth-order valence-electron chi connectivity index (χ4n) is 2.21. The van der Waals surface area contributed by atoms with Gasteiger partial charge in [0.05, 0.1) is 0 Å². The zero-order chi connectivity index (χ0) is 13.5. The largest absolute Gasteiger partial charge is 0.353 e. The van der Waals surface area contributed by atoms with Gasteiger partial charge in [-0.1, -0.05) is 6.92 Å². The molecule has 1 rings (SSSR count). The van der Waals surface area contributed by atoms with Crippen LogP contribution in [0.4, 0.5) is 0 Å². The van der Waals surface area contributed by atoms with Crippen molar-refractivity contribution < 1.29 is 9.59 Å². The van der Waals surface area contributed by atoms with E-state index in [1.165, 1.54) is 6.92 Å². The average molecular weight is 255 g/mol. The number of likely N-dealkylation sites (tertiary alicyclic amines) is 1. The molecule has 1 saturated heterocycles. The van der Waals surface area contributed by atoms with Gasteiger partial charge in [-0.25, -0.2) is 0 Å². The zero-order valence-electron chi connectivity index (χ0n) is 11.4. The first-order valence-electron chi connectivity index (χ1n) is 6.78. The van der Waals surface area contributed by atoms with Gasteiger partial charge >= 0.3 is 0 Å². The number of rotatable bonds is 5. The number of carbonyl (C=O) groups is 2. The minimum Gasteiger partial charge on any atom is -0.353 e. The van der Waals surface area contributed by atoms with Crippen LogP contribution in [0.3, 0.4) is 0 Å². The summed E-state index contributed by atoms with van der Waals surface area (Å²) in [4.78, 5) is 24.8. The monoisotopic (exact) mass is 255 g/mol. The molecule has 0 saturated carbocycles. The zero-order valence-corrected chi connectivity index (χ0v) is 11.4. The molecular formula is C13H25N3O2. The Hall–Kier alpha value is -1.10. The lowest BCUT2D eigenvalue weighted by Gasteiger charge is -2.32. The van der Waals surface area contributed by atoms with E-state index in [0.717, 1.165) is 32.4 Å². The fourth-order valence-corrected chi connectivity index (χ4v) is 2.21. The van der Waals surface area contributed by atoms with Crippen molar-refractivity contribution in [3.63, 3.8) is 0 Å². The van der Waals surface area contributed by atoms with E-state index in [4.69, 9.17) is 5.73 Å². The molecule has 5 heteroatoms. The van der Waals surface area contributed by atoms with Gasteiger partial charge < -0.3 is 16.0 Å². The van der Waals surface area contributed by atoms with E-state index >= 15 is 0 Å². The summed E-state index contributed by atoms with van der Waals surface area (Å²) in [6, 6.07) is 0.231. The van der Waals surface area contributed by atoms with Gasteiger partial charge in [0.25, 0.3) is 0 Å². The van der Waals surface area contributed by atoms with Crippen molar-refractivity contribution in [2.45, 2.75) is 45.6 Å². The summed E-state index contributed by atoms with van der Waals surface area (Å²) in [5, 5.41) is 2.91. The molecule has 1 unspecified atom stereocenters. The van der Waals surface area contributed by atoms with E-state index in [1.54, 1.807) is 0 Å². The maximum absolute atomic E-state index is 11.9. The second-order valence-electron chi connectivity index (χ2n) is 5.24. The average Bonchev–Trinajstić information content (AvgIpc) is 2.35. The molecular weight excluding hydrogens is 230 g/mol. The predicted octanol–water partition coefficient (Wildman–Crippen LogP) is 0.489. The molecule has 0 spiro atoms. The topological polar surface area (TPSA) is 75.4 Å². The first kappa shape index (κ1) is 15.0. The Morgan fingerprint density at radius 1 is 1.39 bits per heavy atom. The summed E-state index contributed by atoms with van der Waals surface area (Å²) < 4.78 is 0. The van der Waals surface area contributed by atoms with Gasteiger partial charge in [0.2, 0.25) is 11.8 Å². The number of hydrogen-bond donors (Lipinski definition) is 2. The highest BCUT2D eigenvalue weighted by molar-refractivity contribution is 5.76. The van der Waals surface area contributed by atoms with Crippen LogP contribution in [0, 0.1) is 5.92 Å². The second kappa shape index (κ2) is 7.36. The van der Waals surface area contributed by atoms with E-state index in [2.05, 4.69) is 12.2 Å². The van der Waals surface area contributed by atoms with Gasteiger partial charge in [0, 0.05) is 32.5 Å². The molecule has 0 aliphatic carbocycles. The van der Waals surface area contributed by atoms with Gasteiger partial charge in [0.1, 0.15) is 0 Å². The normalized spacial score (nSPS) is 18.5. The minimum atomic E-state index is 0.0107. The number of hydrogen-bond acceptors (Lipinski definition) is 3. The molecule has 0 aromatic heterocycles. The lowest BCUT2D eigenvalue weighted by atomic mass is 10.0. The van der Waals surface area contributed by atoms with Crippen LogP contribution in [0.15, 0.2) is 0 Å². The van der Waals surface area contributed by atoms with Crippen LogP contribution in [-0.2, 0) is 9.59 Å². The molecule has 3 N–H and O–H groups in total. The molecule has 0 radical (unpaired) electrons. The van der Waals surface area contributed by atoms with E-state index in [-0.39, 0.29) is 17.9 Å². The molecule has 1 atom stereocenters. The maximum atomic E-state index is 11.9. The third-order valence-corrected chi connectivity index (χ3v) is 3.51. The smallest absolute Gasteiger partial charge is 0.222 e. The lowest BCUT2D eigenvalue weighted by Crippen LogP contribution is -2.46. The molecule has 104 valence electrons. The molecule has 18 heavy (non-hydrogen) atoms. The van der Waals surface area contributed by atoms with Crippen molar-refractivity contribution in [1.29, 1.82) is 0 Å². The number of piperidine rings is 1. The van der Waals surface area contributed by atoms with Gasteiger partial charge in [-0.05, 0) is 31.7 Å². The van der Waals surface area contributed by atoms with Crippen molar-refractivity contribution >= 4 is 11.8 Å². The number of nitrogens with zero attached hydrogens (tertiary/aromatic N) is 1. The van der Waals surface area contributed by atoms with Gasteiger partial charge in [-0.3, -0.25) is 9.59 Å². The first-order chi connectivity index (χ1) is 8.52. The van der Waals surface area contributed by atoms with Crippen molar-refractivity contribution in [2.75, 3.05) is 19.6 Å². The van der Waals surface area contributed by atoms with Crippen LogP contribution in [0.25, 0.3) is 0 Å². The Labute approximate surface area is 109 Å². The van der Waals surface area contributed by atoms with Gasteiger partial charge in [0.15, 0.2) is 0 Å². The summed E-state index contributed by atoms with van der Waals surface area (Å²) >= 11 is 0. The Kier molecular flexibility index (Phi) is 6.12. The number of nitrogens with one attached hydrogen (secondary N) is 1. The van der Waals surface area contributed by atoms with E-state index < -0.39 is 0 Å². The number of amides is 2. The van der Waals surface area contributed by atoms with Crippen LogP contribution >= 0.6 is 0 Å². The number of carbonyl (C=O) groups excluding carboxylic acids is 2. The molecule has 2 amide bonds. The predicted molar refractivity (Wildman–Crippen MR) is 70.9 cm³/mol. The first-order valence-corrected chi connectivity index (χ1v) is 6.78. The molecule has 1 aliphatic rings. The molecule has 0 aromatic carbocycles. The Morgan fingerprint density at radius 3 is 2.50 bits per heavy atom. The quantitative estimate of drug-likeness (QED) is 0.750. The summed E-state index contributed by atoms with van der Waals surface area (Å²) in [6.45, 7) is 5.74. The van der Waals surface area contributed by atoms with E-state index in [0.29, 0.717) is 18.9 Å². The lowest BCUT2D eigenvalue weighted by molar-refractivity contribution is -0.132. The Morgan fingerprint density at radius 2 is 2.00 bits per heavy atom. The molecule has 0 bridgehead atoms. The van der Waals surface area contributed by atoms with Crippen molar-refractivity contribution in [3.05, 3.63) is 0 Å². The highest BCUT2D eigenvalue weighted by Crippen LogP contribution is 2.13. The summed E-state index contributed by atoms with van der Waals surface area (Å²) in [5.74, 6) is 0.638. The van der Waals surface area contributed by atoms with Crippen LogP contribution in [0.1, 0.15) is 39.5 Å². The van der Waals surface area contributed by atoms with Gasteiger partial charge in [-0.15, -0.1) is 0 Å². The minimum absolute atomic E-state index is 0.0107. The summed E-state index contributed by atoms with van der Waals surface area (Å²) in [7, 11) is 0. The Balaban J connectivity index is 2.25. The van der Waals surface area contributed by atoms with Crippen molar-refractivity contribution in [1.82, 2.24) is 10.2 Å². The highest BCUT2D eigenvalue weighted by Gasteiger charge is 2.22. The van der Waals surface area contributed by atoms with Gasteiger partial charge in [-0.2, -0.15) is 0 Å². The molecule has 5 nitrogen and oxygen atoms in total. The Bertz CT molecular complexity index is 286. The van der Waals surface area contributed by atoms with Crippen LogP contribution in [0.2, 0.25) is 0 Å². The molecule has 1 fully saturated rings. The van der Waals surface area contributed by atoms with E-state index in [1.807, 2.05) is 4.90 Å². The fraction of sp³-hybridized carbons (Fsp3) is 0.846. The second-order valence-corrected chi connectivity index (χ2v) is 5.24. The summed E-state index contributed by atoms with van der Waals surface area (Å²) in [5.41, 5.74) is 5.54. The van der Waals surface area contributed by atoms with Crippen molar-refractivity contribution in [2.24, 2.45) is 11.7 Å². The van der Waals surface area contributed by atoms with Crippen LogP contribution in [-0.4, -0.2) is 42.4 Å². The highest BCUT2D eigenvalue weighted by atomic mass is 16.2. The SMILES string of the molecule is CC(=O)NC1CCN(C(=O)CCC(C)CN)CC1. The van der Waals surface area contributed by atoms with E-state index in [9.17, 15) is 9.59 Å². The molecule has 1 heterocycles. The number of nitrogens with two attached hydrogens (primary N) is 1. The maximum Gasteiger partial charge on any atom is 0.222 e. The molecule has 0 aromatic rings. The standard InChI is InChI=1S/C13H25N3O2/c1-10(9-14)3-4-13(18)16-7-5-12(6-8-16)15-11(2)17/h10,12H,3-9,14H2,1-2H3,(H,15,17). The van der Waals surface area contributed by atoms with Crippen molar-refractivity contribution in [3.8, 4) is 0 Å². The summed E-state index contributed by atoms with van der Waals surface area (Å²) in [6.07, 6.45) is 3.17. The third kappa shape index (κ3) is 5.04. The van der Waals surface area contributed by atoms with Crippen LogP contribution < -0.4 is 11.1 Å².